The van der Waals surface area contributed by atoms with Crippen LogP contribution in [0.5, 0.6) is 0 Å². The van der Waals surface area contributed by atoms with Crippen molar-refractivity contribution in [3.05, 3.63) is 65.2 Å². The molecule has 1 amide bonds. The van der Waals surface area contributed by atoms with Gasteiger partial charge in [-0.05, 0) is 42.8 Å². The molecule has 0 aliphatic heterocycles. The van der Waals surface area contributed by atoms with E-state index in [4.69, 9.17) is 16.3 Å². The van der Waals surface area contributed by atoms with Crippen LogP contribution in [0.2, 0.25) is 5.02 Å². The van der Waals surface area contributed by atoms with Crippen molar-refractivity contribution >= 4 is 34.3 Å². The molecule has 5 nitrogen and oxygen atoms in total. The van der Waals surface area contributed by atoms with Gasteiger partial charge in [0.05, 0.1) is 17.9 Å². The maximum atomic E-state index is 12.3. The molecule has 1 N–H and O–H groups in total. The van der Waals surface area contributed by atoms with Crippen LogP contribution in [0.15, 0.2) is 59.5 Å². The zero-order valence-electron chi connectivity index (χ0n) is 13.6. The molecule has 2 rings (SSSR count). The highest BCUT2D eigenvalue weighted by Gasteiger charge is 2.23. The number of benzene rings is 2. The van der Waals surface area contributed by atoms with E-state index in [-0.39, 0.29) is 12.2 Å². The molecular formula is C18H18ClNO4S. The number of rotatable bonds is 7. The highest BCUT2D eigenvalue weighted by molar-refractivity contribution is 7.85. The lowest BCUT2D eigenvalue weighted by Gasteiger charge is -2.16. The average Bonchev–Trinajstić information content (AvgIpc) is 2.65. The van der Waals surface area contributed by atoms with Crippen LogP contribution in [-0.2, 0) is 20.3 Å². The summed E-state index contributed by atoms with van der Waals surface area (Å²) in [5, 5.41) is 3.13. The average molecular weight is 380 g/mol. The van der Waals surface area contributed by atoms with Gasteiger partial charge in [0.2, 0.25) is 0 Å². The molecule has 25 heavy (non-hydrogen) atoms. The summed E-state index contributed by atoms with van der Waals surface area (Å²) in [5.41, 5.74) is 0.377. The van der Waals surface area contributed by atoms with Crippen LogP contribution in [0.1, 0.15) is 16.8 Å². The smallest absolute Gasteiger partial charge is 0.328 e. The minimum atomic E-state index is -1.26. The highest BCUT2D eigenvalue weighted by atomic mass is 35.5. The lowest BCUT2D eigenvalue weighted by atomic mass is 10.1. The Morgan fingerprint density at radius 1 is 1.12 bits per heavy atom. The zero-order valence-corrected chi connectivity index (χ0v) is 15.2. The molecule has 0 radical (unpaired) electrons. The van der Waals surface area contributed by atoms with Crippen LogP contribution >= 0.6 is 11.6 Å². The number of carbonyl (C=O) groups is 2. The summed E-state index contributed by atoms with van der Waals surface area (Å²) in [5.74, 6) is -0.769. The number of esters is 1. The SMILES string of the molecule is COC(=O)[C@H](CC[S@@](=O)c1ccccc1)NC(=O)c1ccc(Cl)cc1. The quantitative estimate of drug-likeness (QED) is 0.751. The number of hydrogen-bond acceptors (Lipinski definition) is 4. The molecule has 0 aliphatic carbocycles. The van der Waals surface area contributed by atoms with E-state index in [1.54, 1.807) is 48.5 Å². The van der Waals surface area contributed by atoms with Gasteiger partial charge in [-0.15, -0.1) is 0 Å². The van der Waals surface area contributed by atoms with E-state index < -0.39 is 28.7 Å². The first-order valence-electron chi connectivity index (χ1n) is 7.59. The first-order valence-corrected chi connectivity index (χ1v) is 9.28. The Kier molecular flexibility index (Phi) is 7.16. The van der Waals surface area contributed by atoms with E-state index in [0.717, 1.165) is 0 Å². The molecule has 0 saturated carbocycles. The van der Waals surface area contributed by atoms with E-state index in [1.807, 2.05) is 6.07 Å². The minimum absolute atomic E-state index is 0.202. The van der Waals surface area contributed by atoms with Crippen molar-refractivity contribution in [2.24, 2.45) is 0 Å². The number of amides is 1. The Hall–Kier alpha value is -2.18. The lowest BCUT2D eigenvalue weighted by Crippen LogP contribution is -2.42. The summed E-state index contributed by atoms with van der Waals surface area (Å²) in [6, 6.07) is 14.4. The predicted molar refractivity (Wildman–Crippen MR) is 97.1 cm³/mol. The van der Waals surface area contributed by atoms with Gasteiger partial charge in [0.25, 0.3) is 5.91 Å². The number of nitrogens with one attached hydrogen (secondary N) is 1. The molecule has 0 heterocycles. The maximum absolute atomic E-state index is 12.3. The fourth-order valence-electron chi connectivity index (χ4n) is 2.15. The third-order valence-electron chi connectivity index (χ3n) is 3.50. The molecule has 0 bridgehead atoms. The maximum Gasteiger partial charge on any atom is 0.328 e. The van der Waals surface area contributed by atoms with Gasteiger partial charge < -0.3 is 10.1 Å². The first kappa shape index (κ1) is 19.1. The number of carbonyl (C=O) groups excluding carboxylic acids is 2. The fraction of sp³-hybridized carbons (Fsp3) is 0.222. The molecule has 132 valence electrons. The molecule has 0 spiro atoms. The van der Waals surface area contributed by atoms with Crippen LogP contribution in [0.3, 0.4) is 0 Å². The fourth-order valence-corrected chi connectivity index (χ4v) is 3.42. The second kappa shape index (κ2) is 9.34. The van der Waals surface area contributed by atoms with Crippen molar-refractivity contribution in [3.63, 3.8) is 0 Å². The molecule has 0 saturated heterocycles. The molecule has 7 heteroatoms. The number of halogens is 1. The molecule has 0 aromatic heterocycles. The standard InChI is InChI=1S/C18H18ClNO4S/c1-24-18(22)16(11-12-25(23)15-5-3-2-4-6-15)20-17(21)13-7-9-14(19)10-8-13/h2-10,16H,11-12H2,1H3,(H,20,21)/t16-,25+/m0/s1. The van der Waals surface area contributed by atoms with Gasteiger partial charge in [-0.25, -0.2) is 4.79 Å². The van der Waals surface area contributed by atoms with Crippen LogP contribution in [0.4, 0.5) is 0 Å². The van der Waals surface area contributed by atoms with Crippen LogP contribution in [0, 0.1) is 0 Å². The summed E-state index contributed by atoms with van der Waals surface area (Å²) in [7, 11) is -0.0135. The van der Waals surface area contributed by atoms with Gasteiger partial charge in [0, 0.05) is 21.2 Å². The van der Waals surface area contributed by atoms with Gasteiger partial charge >= 0.3 is 5.97 Å². The van der Waals surface area contributed by atoms with Crippen LogP contribution < -0.4 is 5.32 Å². The Balaban J connectivity index is 2.01. The van der Waals surface area contributed by atoms with Crippen molar-refractivity contribution in [2.75, 3.05) is 12.9 Å². The number of methoxy groups -OCH3 is 1. The van der Waals surface area contributed by atoms with Crippen molar-refractivity contribution in [1.82, 2.24) is 5.32 Å². The molecule has 0 unspecified atom stereocenters. The van der Waals surface area contributed by atoms with E-state index in [1.165, 1.54) is 7.11 Å². The summed E-state index contributed by atoms with van der Waals surface area (Å²) < 4.78 is 17.0. The summed E-state index contributed by atoms with van der Waals surface area (Å²) >= 11 is 5.80. The van der Waals surface area contributed by atoms with E-state index in [0.29, 0.717) is 15.5 Å². The van der Waals surface area contributed by atoms with Crippen molar-refractivity contribution in [3.8, 4) is 0 Å². The Labute approximate surface area is 153 Å². The lowest BCUT2D eigenvalue weighted by molar-refractivity contribution is -0.142. The molecular weight excluding hydrogens is 362 g/mol. The van der Waals surface area contributed by atoms with Crippen LogP contribution in [-0.4, -0.2) is 35.0 Å². The normalized spacial score (nSPS) is 12.9. The minimum Gasteiger partial charge on any atom is -0.467 e. The molecule has 0 aliphatic rings. The topological polar surface area (TPSA) is 72.5 Å². The second-order valence-electron chi connectivity index (χ2n) is 5.21. The van der Waals surface area contributed by atoms with Gasteiger partial charge in [0.1, 0.15) is 6.04 Å². The van der Waals surface area contributed by atoms with E-state index in [2.05, 4.69) is 5.32 Å². The molecule has 0 fully saturated rings. The van der Waals surface area contributed by atoms with Crippen molar-refractivity contribution < 1.29 is 18.5 Å². The number of hydrogen-bond donors (Lipinski definition) is 1. The second-order valence-corrected chi connectivity index (χ2v) is 7.21. The summed E-state index contributed by atoms with van der Waals surface area (Å²) in [6.07, 6.45) is 0.202. The van der Waals surface area contributed by atoms with Crippen molar-refractivity contribution in [1.29, 1.82) is 0 Å². The van der Waals surface area contributed by atoms with E-state index >= 15 is 0 Å². The third-order valence-corrected chi connectivity index (χ3v) is 5.15. The monoisotopic (exact) mass is 379 g/mol. The van der Waals surface area contributed by atoms with Crippen molar-refractivity contribution in [2.45, 2.75) is 17.4 Å². The Bertz CT molecular complexity index is 749. The zero-order chi connectivity index (χ0) is 18.2. The van der Waals surface area contributed by atoms with Gasteiger partial charge in [-0.2, -0.15) is 0 Å². The predicted octanol–water partition coefficient (Wildman–Crippen LogP) is 2.81. The Morgan fingerprint density at radius 2 is 1.76 bits per heavy atom. The largest absolute Gasteiger partial charge is 0.467 e. The third kappa shape index (κ3) is 5.69. The molecule has 2 atom stereocenters. The van der Waals surface area contributed by atoms with Gasteiger partial charge in [-0.1, -0.05) is 29.8 Å². The van der Waals surface area contributed by atoms with Gasteiger partial charge in [0.15, 0.2) is 0 Å². The van der Waals surface area contributed by atoms with E-state index in [9.17, 15) is 13.8 Å². The van der Waals surface area contributed by atoms with Gasteiger partial charge in [-0.3, -0.25) is 9.00 Å². The summed E-state index contributed by atoms with van der Waals surface area (Å²) in [4.78, 5) is 24.9. The summed E-state index contributed by atoms with van der Waals surface area (Å²) in [6.45, 7) is 0. The molecule has 2 aromatic rings. The highest BCUT2D eigenvalue weighted by Crippen LogP contribution is 2.11. The molecule has 2 aromatic carbocycles. The number of ether oxygens (including phenoxy) is 1. The first-order chi connectivity index (χ1) is 12.0. The Morgan fingerprint density at radius 3 is 2.36 bits per heavy atom. The van der Waals surface area contributed by atoms with Crippen LogP contribution in [0.25, 0.3) is 0 Å².